The first-order valence-electron chi connectivity index (χ1n) is 5.57. The molecule has 0 aromatic carbocycles. The van der Waals surface area contributed by atoms with Crippen LogP contribution in [0.3, 0.4) is 0 Å². The third-order valence-electron chi connectivity index (χ3n) is 2.45. The molecular formula is C12H20N2O3. The lowest BCUT2D eigenvalue weighted by molar-refractivity contribution is -0.123. The summed E-state index contributed by atoms with van der Waals surface area (Å²) in [6, 6.07) is 1.85. The number of nitrogens with one attached hydrogen (secondary N) is 1. The van der Waals surface area contributed by atoms with Gasteiger partial charge in [-0.1, -0.05) is 0 Å². The highest BCUT2D eigenvalue weighted by Crippen LogP contribution is 2.22. The Balaban J connectivity index is 2.90. The minimum atomic E-state index is -0.362. The van der Waals surface area contributed by atoms with Crippen molar-refractivity contribution in [1.29, 1.82) is 0 Å². The van der Waals surface area contributed by atoms with E-state index < -0.39 is 0 Å². The topological polar surface area (TPSA) is 52.6 Å². The van der Waals surface area contributed by atoms with E-state index in [1.165, 1.54) is 0 Å². The molecule has 0 aliphatic rings. The van der Waals surface area contributed by atoms with Crippen molar-refractivity contribution >= 4 is 0 Å². The SMILES string of the molecule is CCOc1cncc(C(NC)C(OC)OC)c1. The van der Waals surface area contributed by atoms with Gasteiger partial charge in [-0.05, 0) is 25.6 Å². The molecule has 96 valence electrons. The van der Waals surface area contributed by atoms with Gasteiger partial charge in [0.25, 0.3) is 0 Å². The Morgan fingerprint density at radius 2 is 2.00 bits per heavy atom. The minimum Gasteiger partial charge on any atom is -0.492 e. The van der Waals surface area contributed by atoms with E-state index in [0.29, 0.717) is 6.61 Å². The molecule has 1 heterocycles. The molecule has 0 aliphatic heterocycles. The Morgan fingerprint density at radius 1 is 1.29 bits per heavy atom. The Hall–Kier alpha value is -1.17. The van der Waals surface area contributed by atoms with Crippen LogP contribution < -0.4 is 10.1 Å². The highest BCUT2D eigenvalue weighted by atomic mass is 16.7. The van der Waals surface area contributed by atoms with Crippen molar-refractivity contribution < 1.29 is 14.2 Å². The standard InChI is InChI=1S/C12H20N2O3/c1-5-17-10-6-9(7-14-8-10)11(13-2)12(15-3)16-4/h6-8,11-13H,5H2,1-4H3. The molecule has 1 rings (SSSR count). The maximum Gasteiger partial charge on any atom is 0.176 e. The summed E-state index contributed by atoms with van der Waals surface area (Å²) < 4.78 is 15.9. The normalized spacial score (nSPS) is 12.8. The third kappa shape index (κ3) is 3.66. The fraction of sp³-hybridized carbons (Fsp3) is 0.583. The fourth-order valence-electron chi connectivity index (χ4n) is 1.68. The number of methoxy groups -OCH3 is 2. The van der Waals surface area contributed by atoms with E-state index >= 15 is 0 Å². The molecule has 0 spiro atoms. The van der Waals surface area contributed by atoms with Crippen LogP contribution >= 0.6 is 0 Å². The number of rotatable bonds is 7. The largest absolute Gasteiger partial charge is 0.492 e. The van der Waals surface area contributed by atoms with Crippen molar-refractivity contribution in [2.75, 3.05) is 27.9 Å². The van der Waals surface area contributed by atoms with Gasteiger partial charge in [-0.3, -0.25) is 4.98 Å². The molecule has 1 atom stereocenters. The summed E-state index contributed by atoms with van der Waals surface area (Å²) in [5.74, 6) is 0.746. The predicted octanol–water partition coefficient (Wildman–Crippen LogP) is 1.36. The van der Waals surface area contributed by atoms with Crippen LogP contribution in [0, 0.1) is 0 Å². The van der Waals surface area contributed by atoms with Gasteiger partial charge in [0.15, 0.2) is 6.29 Å². The van der Waals surface area contributed by atoms with E-state index in [9.17, 15) is 0 Å². The highest BCUT2D eigenvalue weighted by Gasteiger charge is 2.21. The lowest BCUT2D eigenvalue weighted by atomic mass is 10.1. The average molecular weight is 240 g/mol. The fourth-order valence-corrected chi connectivity index (χ4v) is 1.68. The molecule has 1 aromatic heterocycles. The van der Waals surface area contributed by atoms with Crippen molar-refractivity contribution in [1.82, 2.24) is 10.3 Å². The summed E-state index contributed by atoms with van der Waals surface area (Å²) in [5, 5.41) is 3.14. The van der Waals surface area contributed by atoms with Gasteiger partial charge in [0, 0.05) is 20.4 Å². The Bertz CT molecular complexity index is 329. The van der Waals surface area contributed by atoms with Gasteiger partial charge in [-0.25, -0.2) is 0 Å². The third-order valence-corrected chi connectivity index (χ3v) is 2.45. The second-order valence-corrected chi connectivity index (χ2v) is 3.49. The van der Waals surface area contributed by atoms with Crippen molar-refractivity contribution in [2.45, 2.75) is 19.3 Å². The van der Waals surface area contributed by atoms with Gasteiger partial charge in [0.05, 0.1) is 18.8 Å². The maximum atomic E-state index is 5.42. The Labute approximate surface area is 102 Å². The van der Waals surface area contributed by atoms with Crippen molar-refractivity contribution in [3.63, 3.8) is 0 Å². The second kappa shape index (κ2) is 7.21. The van der Waals surface area contributed by atoms with Crippen LogP contribution in [-0.4, -0.2) is 39.1 Å². The van der Waals surface area contributed by atoms with Gasteiger partial charge in [0.1, 0.15) is 5.75 Å². The van der Waals surface area contributed by atoms with E-state index in [2.05, 4.69) is 10.3 Å². The Morgan fingerprint density at radius 3 is 2.53 bits per heavy atom. The first-order chi connectivity index (χ1) is 8.26. The summed E-state index contributed by atoms with van der Waals surface area (Å²) in [6.07, 6.45) is 3.10. The van der Waals surface area contributed by atoms with Crippen LogP contribution in [0.4, 0.5) is 0 Å². The molecule has 1 unspecified atom stereocenters. The number of hydrogen-bond donors (Lipinski definition) is 1. The van der Waals surface area contributed by atoms with Crippen LogP contribution in [0.25, 0.3) is 0 Å². The smallest absolute Gasteiger partial charge is 0.176 e. The van der Waals surface area contributed by atoms with E-state index in [-0.39, 0.29) is 12.3 Å². The van der Waals surface area contributed by atoms with E-state index in [1.54, 1.807) is 26.6 Å². The van der Waals surface area contributed by atoms with Gasteiger partial charge < -0.3 is 19.5 Å². The van der Waals surface area contributed by atoms with Gasteiger partial charge >= 0.3 is 0 Å². The van der Waals surface area contributed by atoms with Crippen LogP contribution in [0.1, 0.15) is 18.5 Å². The Kier molecular flexibility index (Phi) is 5.90. The maximum absolute atomic E-state index is 5.42. The molecule has 1 aromatic rings. The quantitative estimate of drug-likeness (QED) is 0.729. The van der Waals surface area contributed by atoms with Crippen molar-refractivity contribution in [3.05, 3.63) is 24.0 Å². The molecule has 0 bridgehead atoms. The van der Waals surface area contributed by atoms with Gasteiger partial charge in [-0.15, -0.1) is 0 Å². The molecule has 0 fully saturated rings. The first-order valence-corrected chi connectivity index (χ1v) is 5.57. The van der Waals surface area contributed by atoms with E-state index in [0.717, 1.165) is 11.3 Å². The zero-order chi connectivity index (χ0) is 12.7. The molecule has 0 radical (unpaired) electrons. The number of hydrogen-bond acceptors (Lipinski definition) is 5. The number of pyridine rings is 1. The first kappa shape index (κ1) is 13.9. The summed E-state index contributed by atoms with van der Waals surface area (Å²) >= 11 is 0. The van der Waals surface area contributed by atoms with Gasteiger partial charge in [-0.2, -0.15) is 0 Å². The molecule has 5 heteroatoms. The second-order valence-electron chi connectivity index (χ2n) is 3.49. The van der Waals surface area contributed by atoms with Crippen LogP contribution in [-0.2, 0) is 9.47 Å². The van der Waals surface area contributed by atoms with E-state index in [4.69, 9.17) is 14.2 Å². The summed E-state index contributed by atoms with van der Waals surface area (Å²) in [5.41, 5.74) is 0.965. The lowest BCUT2D eigenvalue weighted by Gasteiger charge is -2.24. The van der Waals surface area contributed by atoms with Crippen LogP contribution in [0.5, 0.6) is 5.75 Å². The summed E-state index contributed by atoms with van der Waals surface area (Å²) in [6.45, 7) is 2.56. The molecule has 0 aliphatic carbocycles. The number of nitrogens with zero attached hydrogens (tertiary/aromatic N) is 1. The predicted molar refractivity (Wildman–Crippen MR) is 65.0 cm³/mol. The monoisotopic (exact) mass is 240 g/mol. The zero-order valence-corrected chi connectivity index (χ0v) is 10.8. The molecular weight excluding hydrogens is 220 g/mol. The summed E-state index contributed by atoms with van der Waals surface area (Å²) in [7, 11) is 5.07. The molecule has 17 heavy (non-hydrogen) atoms. The molecule has 0 saturated heterocycles. The molecule has 5 nitrogen and oxygen atoms in total. The molecule has 1 N–H and O–H groups in total. The number of ether oxygens (including phenoxy) is 3. The molecule has 0 saturated carbocycles. The van der Waals surface area contributed by atoms with Crippen molar-refractivity contribution in [3.8, 4) is 5.75 Å². The van der Waals surface area contributed by atoms with Gasteiger partial charge in [0.2, 0.25) is 0 Å². The number of likely N-dealkylation sites (N-methyl/N-ethyl adjacent to an activating group) is 1. The van der Waals surface area contributed by atoms with Crippen LogP contribution in [0.2, 0.25) is 0 Å². The zero-order valence-electron chi connectivity index (χ0n) is 10.8. The number of aromatic nitrogens is 1. The highest BCUT2D eigenvalue weighted by molar-refractivity contribution is 5.26. The lowest BCUT2D eigenvalue weighted by Crippen LogP contribution is -2.32. The molecule has 0 amide bonds. The minimum absolute atomic E-state index is 0.0853. The van der Waals surface area contributed by atoms with E-state index in [1.807, 2.05) is 20.0 Å². The summed E-state index contributed by atoms with van der Waals surface area (Å²) in [4.78, 5) is 4.15. The van der Waals surface area contributed by atoms with Crippen LogP contribution in [0.15, 0.2) is 18.5 Å². The van der Waals surface area contributed by atoms with Crippen molar-refractivity contribution in [2.24, 2.45) is 0 Å². The average Bonchev–Trinajstić information content (AvgIpc) is 2.36.